The Balaban J connectivity index is 1.07. The van der Waals surface area contributed by atoms with Crippen molar-refractivity contribution in [3.63, 3.8) is 0 Å². The predicted molar refractivity (Wildman–Crippen MR) is 157 cm³/mol. The minimum atomic E-state index is 0.185. The largest absolute Gasteiger partial charge is 0.507 e. The number of anilines is 3. The molecule has 2 bridgehead atoms. The maximum Gasteiger partial charge on any atom is 0.169 e. The number of aromatic hydroxyl groups is 1. The maximum atomic E-state index is 10.3. The van der Waals surface area contributed by atoms with Crippen LogP contribution >= 0.6 is 0 Å². The van der Waals surface area contributed by atoms with Crippen molar-refractivity contribution < 1.29 is 5.11 Å². The Bertz CT molecular complexity index is 1440. The van der Waals surface area contributed by atoms with Gasteiger partial charge in [0.2, 0.25) is 0 Å². The molecule has 6 heterocycles. The molecule has 3 atom stereocenters. The molecule has 1 spiro atoms. The molecule has 0 amide bonds. The fourth-order valence-electron chi connectivity index (χ4n) is 7.32. The third-order valence-electron chi connectivity index (χ3n) is 9.29. The minimum absolute atomic E-state index is 0.185. The van der Waals surface area contributed by atoms with Crippen LogP contribution in [0.4, 0.5) is 17.2 Å². The Labute approximate surface area is 235 Å². The van der Waals surface area contributed by atoms with Crippen molar-refractivity contribution in [2.24, 2.45) is 0 Å². The first-order valence-corrected chi connectivity index (χ1v) is 14.5. The summed E-state index contributed by atoms with van der Waals surface area (Å²) in [4.78, 5) is 12.0. The number of nitrogen functional groups attached to an aromatic ring is 1. The lowest BCUT2D eigenvalue weighted by molar-refractivity contribution is 0.177. The molecule has 4 aliphatic rings. The SMILES string of the molecule is Nc1nnc(-c2ccccc2O)cc1N1CC2CCC(C1)N2c1ccnc(C#CCN2CCC[C@]23CCNC3)c1. The zero-order chi connectivity index (χ0) is 27.1. The lowest BCUT2D eigenvalue weighted by Crippen LogP contribution is -2.54. The number of hydrogen-bond donors (Lipinski definition) is 3. The lowest BCUT2D eigenvalue weighted by Gasteiger charge is -2.43. The average molecular weight is 537 g/mol. The molecule has 4 N–H and O–H groups in total. The van der Waals surface area contributed by atoms with Crippen molar-refractivity contribution in [3.05, 3.63) is 54.4 Å². The normalized spacial score (nSPS) is 25.9. The number of nitrogens with zero attached hydrogens (tertiary/aromatic N) is 6. The molecule has 2 aromatic heterocycles. The zero-order valence-corrected chi connectivity index (χ0v) is 22.8. The summed E-state index contributed by atoms with van der Waals surface area (Å²) < 4.78 is 0. The second-order valence-corrected chi connectivity index (χ2v) is 11.6. The molecule has 40 heavy (non-hydrogen) atoms. The number of phenols is 1. The Kier molecular flexibility index (Phi) is 6.45. The predicted octanol–water partition coefficient (Wildman–Crippen LogP) is 2.86. The molecule has 4 aliphatic heterocycles. The summed E-state index contributed by atoms with van der Waals surface area (Å²) in [5, 5.41) is 22.4. The summed E-state index contributed by atoms with van der Waals surface area (Å²) in [6, 6.07) is 14.1. The summed E-state index contributed by atoms with van der Waals surface area (Å²) in [5.74, 6) is 7.40. The molecule has 0 radical (unpaired) electrons. The van der Waals surface area contributed by atoms with Crippen LogP contribution in [0.15, 0.2) is 48.7 Å². The van der Waals surface area contributed by atoms with E-state index in [2.05, 4.69) is 59.2 Å². The Hall–Kier alpha value is -3.87. The Morgan fingerprint density at radius 2 is 1.93 bits per heavy atom. The summed E-state index contributed by atoms with van der Waals surface area (Å²) in [5.41, 5.74) is 10.8. The van der Waals surface area contributed by atoms with Crippen molar-refractivity contribution in [1.29, 1.82) is 0 Å². The molecule has 206 valence electrons. The van der Waals surface area contributed by atoms with Gasteiger partial charge >= 0.3 is 0 Å². The third-order valence-corrected chi connectivity index (χ3v) is 9.29. The number of rotatable bonds is 4. The highest BCUT2D eigenvalue weighted by atomic mass is 16.3. The number of fused-ring (bicyclic) bond motifs is 2. The van der Waals surface area contributed by atoms with E-state index in [0.29, 0.717) is 34.7 Å². The van der Waals surface area contributed by atoms with Crippen molar-refractivity contribution in [2.45, 2.75) is 49.7 Å². The zero-order valence-electron chi connectivity index (χ0n) is 22.8. The second-order valence-electron chi connectivity index (χ2n) is 11.6. The van der Waals surface area contributed by atoms with Crippen molar-refractivity contribution >= 4 is 17.2 Å². The fourth-order valence-corrected chi connectivity index (χ4v) is 7.32. The number of piperazine rings is 1. The van der Waals surface area contributed by atoms with Crippen LogP contribution < -0.4 is 20.9 Å². The topological polar surface area (TPSA) is 107 Å². The van der Waals surface area contributed by atoms with Gasteiger partial charge in [0.05, 0.1) is 17.9 Å². The lowest BCUT2D eigenvalue weighted by atomic mass is 9.95. The summed E-state index contributed by atoms with van der Waals surface area (Å²) >= 11 is 0. The van der Waals surface area contributed by atoms with E-state index in [0.717, 1.165) is 63.5 Å². The number of nitrogens with two attached hydrogens (primary N) is 1. The summed E-state index contributed by atoms with van der Waals surface area (Å²) in [7, 11) is 0. The molecule has 0 aliphatic carbocycles. The molecule has 4 fully saturated rings. The van der Waals surface area contributed by atoms with Crippen LogP contribution in [-0.4, -0.2) is 82.1 Å². The van der Waals surface area contributed by atoms with Crippen molar-refractivity contribution in [2.75, 3.05) is 54.8 Å². The van der Waals surface area contributed by atoms with Gasteiger partial charge in [0, 0.05) is 54.7 Å². The first-order chi connectivity index (χ1) is 19.6. The molecule has 9 heteroatoms. The maximum absolute atomic E-state index is 10.3. The van der Waals surface area contributed by atoms with Crippen molar-refractivity contribution in [1.82, 2.24) is 25.4 Å². The quantitative estimate of drug-likeness (QED) is 0.434. The van der Waals surface area contributed by atoms with E-state index >= 15 is 0 Å². The molecule has 3 aromatic rings. The number of aromatic nitrogens is 3. The van der Waals surface area contributed by atoms with Gasteiger partial charge in [-0.2, -0.15) is 0 Å². The van der Waals surface area contributed by atoms with Crippen molar-refractivity contribution in [3.8, 4) is 28.8 Å². The van der Waals surface area contributed by atoms with E-state index < -0.39 is 0 Å². The number of benzene rings is 1. The highest BCUT2D eigenvalue weighted by Crippen LogP contribution is 2.39. The van der Waals surface area contributed by atoms with Gasteiger partial charge in [-0.05, 0) is 81.4 Å². The standard InChI is InChI=1S/C31H36N8O/c32-30-28(18-27(35-36-30)26-6-1-2-7-29(26)40)37-19-24-8-9-25(20-37)39(24)23-10-13-34-22(17-23)5-3-15-38-16-4-11-31(38)12-14-33-21-31/h1-2,6-7,10,13,17-18,24-25,33,40H,4,8-9,11-12,14-16,19-21H2,(H2,32,36)/t24?,25?,31-/m1/s1. The number of pyridine rings is 1. The van der Waals surface area contributed by atoms with Gasteiger partial charge in [0.25, 0.3) is 0 Å². The smallest absolute Gasteiger partial charge is 0.169 e. The number of nitrogens with one attached hydrogen (secondary N) is 1. The van der Waals surface area contributed by atoms with Crippen LogP contribution in [0.5, 0.6) is 5.75 Å². The van der Waals surface area contributed by atoms with Gasteiger partial charge in [-0.3, -0.25) is 4.90 Å². The molecule has 7 rings (SSSR count). The van der Waals surface area contributed by atoms with E-state index in [9.17, 15) is 5.11 Å². The molecular formula is C31H36N8O. The van der Waals surface area contributed by atoms with E-state index in [1.54, 1.807) is 12.1 Å². The van der Waals surface area contributed by atoms with Crippen LogP contribution in [0.3, 0.4) is 0 Å². The van der Waals surface area contributed by atoms with Gasteiger partial charge in [0.15, 0.2) is 5.82 Å². The number of hydrogen-bond acceptors (Lipinski definition) is 9. The molecule has 2 unspecified atom stereocenters. The molecule has 1 aromatic carbocycles. The number of phenolic OH excluding ortho intramolecular Hbond substituents is 1. The Morgan fingerprint density at radius 1 is 1.07 bits per heavy atom. The third kappa shape index (κ3) is 4.51. The monoisotopic (exact) mass is 536 g/mol. The first kappa shape index (κ1) is 25.1. The first-order valence-electron chi connectivity index (χ1n) is 14.5. The van der Waals surface area contributed by atoms with Crippen LogP contribution in [0.1, 0.15) is 37.8 Å². The highest BCUT2D eigenvalue weighted by Gasteiger charge is 2.43. The minimum Gasteiger partial charge on any atom is -0.507 e. The van der Waals surface area contributed by atoms with Gasteiger partial charge in [0.1, 0.15) is 11.4 Å². The number of likely N-dealkylation sites (tertiary alicyclic amines) is 1. The van der Waals surface area contributed by atoms with E-state index in [4.69, 9.17) is 5.73 Å². The summed E-state index contributed by atoms with van der Waals surface area (Å²) in [6.45, 7) is 5.85. The van der Waals surface area contributed by atoms with E-state index in [1.165, 1.54) is 24.9 Å². The van der Waals surface area contributed by atoms with Crippen LogP contribution in [-0.2, 0) is 0 Å². The molecule has 0 saturated carbocycles. The van der Waals surface area contributed by atoms with Crippen LogP contribution in [0.25, 0.3) is 11.3 Å². The Morgan fingerprint density at radius 3 is 2.73 bits per heavy atom. The highest BCUT2D eigenvalue weighted by molar-refractivity contribution is 5.74. The van der Waals surface area contributed by atoms with Gasteiger partial charge < -0.3 is 26.0 Å². The van der Waals surface area contributed by atoms with Gasteiger partial charge in [-0.15, -0.1) is 10.2 Å². The average Bonchev–Trinajstić information content (AvgIpc) is 3.68. The number of para-hydroxylation sites is 1. The van der Waals surface area contributed by atoms with Gasteiger partial charge in [-0.25, -0.2) is 4.98 Å². The second kappa shape index (κ2) is 10.3. The van der Waals surface area contributed by atoms with Crippen LogP contribution in [0.2, 0.25) is 0 Å². The fraction of sp³-hybridized carbons (Fsp3) is 0.452. The van der Waals surface area contributed by atoms with Crippen LogP contribution in [0, 0.1) is 11.8 Å². The molecule has 4 saturated heterocycles. The molecule has 9 nitrogen and oxygen atoms in total. The van der Waals surface area contributed by atoms with E-state index in [1.807, 2.05) is 24.4 Å². The molecular weight excluding hydrogens is 500 g/mol. The summed E-state index contributed by atoms with van der Waals surface area (Å²) in [6.07, 6.45) is 7.92. The van der Waals surface area contributed by atoms with Gasteiger partial charge in [-0.1, -0.05) is 18.1 Å². The van der Waals surface area contributed by atoms with E-state index in [-0.39, 0.29) is 5.75 Å².